The average molecular weight is 432 g/mol. The molecule has 0 saturated carbocycles. The van der Waals surface area contributed by atoms with Gasteiger partial charge in [0.2, 0.25) is 12.4 Å². The number of carbonyl (C=O) groups is 1. The van der Waals surface area contributed by atoms with Gasteiger partial charge in [-0.25, -0.2) is 18.7 Å². The fourth-order valence-electron chi connectivity index (χ4n) is 4.35. The van der Waals surface area contributed by atoms with Crippen LogP contribution in [0.1, 0.15) is 28.4 Å². The molecule has 0 radical (unpaired) electrons. The molecule has 0 saturated heterocycles. The Labute approximate surface area is 182 Å². The average Bonchev–Trinajstić information content (AvgIpc) is 3.18. The number of aliphatic hydroxyl groups is 1. The lowest BCUT2D eigenvalue weighted by Gasteiger charge is -2.22. The van der Waals surface area contributed by atoms with Gasteiger partial charge in [-0.1, -0.05) is 30.3 Å². The predicted octanol–water partition coefficient (Wildman–Crippen LogP) is 3.71. The quantitative estimate of drug-likeness (QED) is 0.480. The molecule has 5 rings (SSSR count). The Morgan fingerprint density at radius 2 is 1.88 bits per heavy atom. The molecule has 1 atom stereocenters. The number of hydrogen-bond acceptors (Lipinski definition) is 5. The lowest BCUT2D eigenvalue weighted by molar-refractivity contribution is -0.119. The first-order valence-electron chi connectivity index (χ1n) is 9.95. The van der Waals surface area contributed by atoms with Crippen LogP contribution in [0.25, 0.3) is 22.0 Å². The van der Waals surface area contributed by atoms with Gasteiger partial charge in [0.25, 0.3) is 0 Å². The zero-order valence-electron chi connectivity index (χ0n) is 16.8. The third kappa shape index (κ3) is 3.16. The third-order valence-corrected chi connectivity index (χ3v) is 5.80. The number of nitrogens with two attached hydrogens (primary N) is 1. The van der Waals surface area contributed by atoms with Gasteiger partial charge in [0.1, 0.15) is 6.04 Å². The van der Waals surface area contributed by atoms with Gasteiger partial charge in [0.05, 0.1) is 17.8 Å². The van der Waals surface area contributed by atoms with Crippen molar-refractivity contribution in [2.75, 3.05) is 5.73 Å². The fraction of sp³-hybridized carbons (Fsp3) is 0.125. The monoisotopic (exact) mass is 432 g/mol. The Balaban J connectivity index is 1.75. The van der Waals surface area contributed by atoms with E-state index in [-0.39, 0.29) is 11.5 Å². The maximum absolute atomic E-state index is 14.0. The molecule has 2 heterocycles. The zero-order chi connectivity index (χ0) is 22.4. The van der Waals surface area contributed by atoms with Crippen molar-refractivity contribution in [1.82, 2.24) is 14.9 Å². The smallest absolute Gasteiger partial charge is 0.220 e. The molecule has 0 fully saturated rings. The number of carbonyl (C=O) groups excluding carboxylic acids is 1. The summed E-state index contributed by atoms with van der Waals surface area (Å²) in [6.45, 7) is -0.0160. The van der Waals surface area contributed by atoms with Crippen molar-refractivity contribution in [3.05, 3.63) is 88.6 Å². The van der Waals surface area contributed by atoms with Crippen LogP contribution >= 0.6 is 0 Å². The van der Waals surface area contributed by atoms with Crippen molar-refractivity contribution in [2.45, 2.75) is 19.2 Å². The first kappa shape index (κ1) is 20.0. The summed E-state index contributed by atoms with van der Waals surface area (Å²) in [5.74, 6) is -1.97. The summed E-state index contributed by atoms with van der Waals surface area (Å²) in [6, 6.07) is 14.4. The van der Waals surface area contributed by atoms with Crippen LogP contribution in [0.15, 0.2) is 54.6 Å². The van der Waals surface area contributed by atoms with Crippen LogP contribution in [0.4, 0.5) is 14.7 Å². The molecule has 6 nitrogen and oxygen atoms in total. The molecule has 1 aromatic heterocycles. The number of nitrogen functional groups attached to an aromatic ring is 1. The number of nitrogens with zero attached hydrogens (tertiary/aromatic N) is 3. The van der Waals surface area contributed by atoms with Crippen molar-refractivity contribution in [3.63, 3.8) is 0 Å². The van der Waals surface area contributed by atoms with Crippen LogP contribution in [0.2, 0.25) is 0 Å². The van der Waals surface area contributed by atoms with Gasteiger partial charge in [-0.15, -0.1) is 0 Å². The molecule has 0 aliphatic carbocycles. The second-order valence-corrected chi connectivity index (χ2v) is 7.66. The number of aliphatic hydroxyl groups excluding tert-OH is 1. The van der Waals surface area contributed by atoms with Gasteiger partial charge in [-0.3, -0.25) is 4.79 Å². The molecule has 1 unspecified atom stereocenters. The summed E-state index contributed by atoms with van der Waals surface area (Å²) in [5, 5.41) is 10.3. The summed E-state index contributed by atoms with van der Waals surface area (Å²) in [4.78, 5) is 22.3. The maximum Gasteiger partial charge on any atom is 0.220 e. The first-order chi connectivity index (χ1) is 15.5. The first-order valence-corrected chi connectivity index (χ1v) is 9.95. The van der Waals surface area contributed by atoms with E-state index in [2.05, 4.69) is 9.97 Å². The number of benzene rings is 3. The lowest BCUT2D eigenvalue weighted by Crippen LogP contribution is -2.22. The van der Waals surface area contributed by atoms with Gasteiger partial charge < -0.3 is 15.7 Å². The Bertz CT molecular complexity index is 1380. The highest BCUT2D eigenvalue weighted by Crippen LogP contribution is 2.40. The van der Waals surface area contributed by atoms with Crippen LogP contribution in [0, 0.1) is 11.6 Å². The van der Waals surface area contributed by atoms with Crippen LogP contribution in [-0.2, 0) is 17.9 Å². The number of halogens is 2. The van der Waals surface area contributed by atoms with Crippen molar-refractivity contribution >= 4 is 23.3 Å². The summed E-state index contributed by atoms with van der Waals surface area (Å²) in [7, 11) is 0. The number of amides is 1. The van der Waals surface area contributed by atoms with Crippen LogP contribution < -0.4 is 5.73 Å². The minimum atomic E-state index is -1.03. The maximum atomic E-state index is 14.0. The lowest BCUT2D eigenvalue weighted by atomic mass is 9.95. The standard InChI is InChI=1S/C24H18F2N4O2/c25-19-8-15(11-31)17(9-20(19)26)13-5-6-21-18(7-13)22(29-24(27)28-21)23-16-4-2-1-3-14(16)10-30(23)12-32/h1-9,12,23,31H,10-11H2,(H2,27,28,29). The molecule has 1 amide bonds. The van der Waals surface area contributed by atoms with E-state index in [9.17, 15) is 18.7 Å². The highest BCUT2D eigenvalue weighted by atomic mass is 19.2. The number of rotatable bonds is 4. The molecule has 0 bridgehead atoms. The van der Waals surface area contributed by atoms with Gasteiger partial charge >= 0.3 is 0 Å². The second kappa shape index (κ2) is 7.65. The highest BCUT2D eigenvalue weighted by molar-refractivity contribution is 5.88. The molecule has 1 aliphatic heterocycles. The molecule has 0 spiro atoms. The molecule has 1 aliphatic rings. The van der Waals surface area contributed by atoms with E-state index in [1.807, 2.05) is 24.3 Å². The van der Waals surface area contributed by atoms with Gasteiger partial charge in [0.15, 0.2) is 11.6 Å². The summed E-state index contributed by atoms with van der Waals surface area (Å²) in [5.41, 5.74) is 10.2. The van der Waals surface area contributed by atoms with E-state index in [0.29, 0.717) is 34.3 Å². The molecule has 32 heavy (non-hydrogen) atoms. The van der Waals surface area contributed by atoms with E-state index in [0.717, 1.165) is 29.7 Å². The fourth-order valence-corrected chi connectivity index (χ4v) is 4.35. The van der Waals surface area contributed by atoms with Gasteiger partial charge in [-0.2, -0.15) is 0 Å². The second-order valence-electron chi connectivity index (χ2n) is 7.66. The molecule has 4 aromatic rings. The predicted molar refractivity (Wildman–Crippen MR) is 115 cm³/mol. The minimum absolute atomic E-state index is 0.0688. The van der Waals surface area contributed by atoms with E-state index >= 15 is 0 Å². The Hall–Kier alpha value is -3.91. The molecule has 3 aromatic carbocycles. The summed E-state index contributed by atoms with van der Waals surface area (Å²) in [6.07, 6.45) is 0.776. The van der Waals surface area contributed by atoms with Gasteiger partial charge in [0, 0.05) is 11.9 Å². The number of hydrogen-bond donors (Lipinski definition) is 2. The van der Waals surface area contributed by atoms with Crippen LogP contribution in [0.3, 0.4) is 0 Å². The topological polar surface area (TPSA) is 92.3 Å². The van der Waals surface area contributed by atoms with E-state index in [1.54, 1.807) is 23.1 Å². The number of fused-ring (bicyclic) bond motifs is 2. The van der Waals surface area contributed by atoms with E-state index < -0.39 is 24.3 Å². The summed E-state index contributed by atoms with van der Waals surface area (Å²) < 4.78 is 27.7. The third-order valence-electron chi connectivity index (χ3n) is 5.80. The van der Waals surface area contributed by atoms with Crippen molar-refractivity contribution in [1.29, 1.82) is 0 Å². The highest BCUT2D eigenvalue weighted by Gasteiger charge is 2.33. The van der Waals surface area contributed by atoms with Crippen molar-refractivity contribution in [3.8, 4) is 11.1 Å². The number of anilines is 1. The summed E-state index contributed by atoms with van der Waals surface area (Å²) >= 11 is 0. The van der Waals surface area contributed by atoms with Crippen LogP contribution in [-0.4, -0.2) is 26.4 Å². The molecule has 160 valence electrons. The van der Waals surface area contributed by atoms with Crippen molar-refractivity contribution < 1.29 is 18.7 Å². The van der Waals surface area contributed by atoms with Crippen molar-refractivity contribution in [2.24, 2.45) is 0 Å². The Morgan fingerprint density at radius 1 is 1.09 bits per heavy atom. The van der Waals surface area contributed by atoms with E-state index in [1.165, 1.54) is 0 Å². The molecular formula is C24H18F2N4O2. The minimum Gasteiger partial charge on any atom is -0.392 e. The molecular weight excluding hydrogens is 414 g/mol. The Kier molecular flexibility index (Phi) is 4.79. The molecule has 3 N–H and O–H groups in total. The normalized spacial score (nSPS) is 15.2. The van der Waals surface area contributed by atoms with E-state index in [4.69, 9.17) is 5.73 Å². The SMILES string of the molecule is Nc1nc(C2c3ccccc3CN2C=O)c2cc(-c3cc(F)c(F)cc3CO)ccc2n1. The van der Waals surface area contributed by atoms with Gasteiger partial charge in [-0.05, 0) is 52.1 Å². The Morgan fingerprint density at radius 3 is 2.66 bits per heavy atom. The molecule has 8 heteroatoms. The largest absolute Gasteiger partial charge is 0.392 e. The van der Waals surface area contributed by atoms with Crippen LogP contribution in [0.5, 0.6) is 0 Å². The zero-order valence-corrected chi connectivity index (χ0v) is 16.8. The number of aromatic nitrogens is 2.